The van der Waals surface area contributed by atoms with Gasteiger partial charge in [-0.25, -0.2) is 0 Å². The number of hydrogen-bond donors (Lipinski definition) is 1. The van der Waals surface area contributed by atoms with Gasteiger partial charge in [-0.1, -0.05) is 0 Å². The van der Waals surface area contributed by atoms with E-state index < -0.39 is 11.9 Å². The number of halogens is 1. The van der Waals surface area contributed by atoms with Crippen molar-refractivity contribution in [1.82, 2.24) is 4.58 Å². The molecule has 5 heteroatoms. The van der Waals surface area contributed by atoms with Gasteiger partial charge in [0.1, 0.15) is 0 Å². The van der Waals surface area contributed by atoms with Crippen LogP contribution in [0.3, 0.4) is 0 Å². The Morgan fingerprint density at radius 1 is 1.89 bits per heavy atom. The molecule has 2 N–H and O–H groups in total. The minimum absolute atomic E-state index is 0.459. The van der Waals surface area contributed by atoms with Crippen molar-refractivity contribution in [2.24, 2.45) is 5.73 Å². The zero-order valence-corrected chi connectivity index (χ0v) is 6.05. The van der Waals surface area contributed by atoms with E-state index in [2.05, 4.69) is 4.84 Å². The van der Waals surface area contributed by atoms with Crippen LogP contribution in [-0.2, 0) is 9.63 Å². The number of nitrogens with two attached hydrogens (primary N) is 1. The summed E-state index contributed by atoms with van der Waals surface area (Å²) >= 11 is 5.19. The predicted octanol–water partition coefficient (Wildman–Crippen LogP) is -0.123. The number of rotatable bonds is 2. The van der Waals surface area contributed by atoms with Crippen LogP contribution in [0.2, 0.25) is 0 Å². The highest BCUT2D eigenvalue weighted by Crippen LogP contribution is 1.95. The van der Waals surface area contributed by atoms with Gasteiger partial charge in [-0.15, -0.1) is 4.58 Å². The van der Waals surface area contributed by atoms with Crippen LogP contribution in [0.1, 0.15) is 6.92 Å². The molecule has 1 atom stereocenters. The number of carbonyl (C=O) groups excluding carboxylic acids is 1. The zero-order valence-electron chi connectivity index (χ0n) is 5.30. The van der Waals surface area contributed by atoms with Gasteiger partial charge < -0.3 is 5.73 Å². The molecular formula is C4H9ClN2O2. The molecule has 0 aromatic carbocycles. The van der Waals surface area contributed by atoms with Crippen LogP contribution in [0.25, 0.3) is 0 Å². The van der Waals surface area contributed by atoms with E-state index in [4.69, 9.17) is 17.5 Å². The summed E-state index contributed by atoms with van der Waals surface area (Å²) in [5.41, 5.74) is 5.16. The van der Waals surface area contributed by atoms with Crippen molar-refractivity contribution in [2.45, 2.75) is 13.0 Å². The lowest BCUT2D eigenvalue weighted by molar-refractivity contribution is -0.153. The van der Waals surface area contributed by atoms with E-state index in [1.54, 1.807) is 0 Å². The first-order chi connectivity index (χ1) is 4.09. The van der Waals surface area contributed by atoms with E-state index in [0.717, 1.165) is 0 Å². The normalized spacial score (nSPS) is 12.9. The van der Waals surface area contributed by atoms with Crippen molar-refractivity contribution >= 4 is 17.7 Å². The average Bonchev–Trinajstić information content (AvgIpc) is 1.84. The van der Waals surface area contributed by atoms with E-state index in [-0.39, 0.29) is 0 Å². The van der Waals surface area contributed by atoms with Crippen LogP contribution < -0.4 is 5.73 Å². The number of carbonyl (C=O) groups is 1. The summed E-state index contributed by atoms with van der Waals surface area (Å²) in [5, 5.41) is 0. The highest BCUT2D eigenvalue weighted by Gasteiger charge is 2.14. The van der Waals surface area contributed by atoms with Crippen LogP contribution in [0.15, 0.2) is 0 Å². The van der Waals surface area contributed by atoms with Gasteiger partial charge in [-0.2, -0.15) is 0 Å². The van der Waals surface area contributed by atoms with E-state index in [1.807, 2.05) is 0 Å². The number of nitrogens with zero attached hydrogens (tertiary/aromatic N) is 1. The molecule has 0 unspecified atom stereocenters. The van der Waals surface area contributed by atoms with Crippen LogP contribution in [0.5, 0.6) is 0 Å². The fraction of sp³-hybridized carbons (Fsp3) is 0.750. The van der Waals surface area contributed by atoms with Gasteiger partial charge in [-0.05, 0) is 6.92 Å². The summed E-state index contributed by atoms with van der Waals surface area (Å²) < 4.78 is 0.574. The van der Waals surface area contributed by atoms with Gasteiger partial charge in [0, 0.05) is 11.8 Å². The molecule has 9 heavy (non-hydrogen) atoms. The molecule has 0 rings (SSSR count). The van der Waals surface area contributed by atoms with Crippen molar-refractivity contribution in [3.63, 3.8) is 0 Å². The number of hydrogen-bond acceptors (Lipinski definition) is 3. The lowest BCUT2D eigenvalue weighted by atomic mass is 10.4. The quantitative estimate of drug-likeness (QED) is 0.443. The van der Waals surface area contributed by atoms with Crippen molar-refractivity contribution in [1.29, 1.82) is 0 Å². The molecule has 1 amide bonds. The number of hydroxylamine groups is 1. The third kappa shape index (κ3) is 2.64. The minimum atomic E-state index is -0.623. The molecule has 0 spiro atoms. The monoisotopic (exact) mass is 152 g/mol. The van der Waals surface area contributed by atoms with Crippen LogP contribution >= 0.6 is 11.8 Å². The lowest BCUT2D eigenvalue weighted by Crippen LogP contribution is -2.36. The molecule has 0 saturated carbocycles. The third-order valence-corrected chi connectivity index (χ3v) is 1.03. The van der Waals surface area contributed by atoms with Gasteiger partial charge in [-0.3, -0.25) is 9.63 Å². The molecule has 4 nitrogen and oxygen atoms in total. The molecule has 0 aromatic rings. The van der Waals surface area contributed by atoms with Crippen molar-refractivity contribution < 1.29 is 9.63 Å². The molecule has 0 bridgehead atoms. The minimum Gasteiger partial charge on any atom is -0.320 e. The largest absolute Gasteiger partial charge is 0.320 e. The highest BCUT2D eigenvalue weighted by molar-refractivity contribution is 6.20. The average molecular weight is 153 g/mol. The summed E-state index contributed by atoms with van der Waals surface area (Å²) in [6.45, 7) is 1.52. The first-order valence-corrected chi connectivity index (χ1v) is 2.73. The Labute approximate surface area is 58.6 Å². The Balaban J connectivity index is 3.73. The Morgan fingerprint density at radius 2 is 2.33 bits per heavy atom. The maximum Gasteiger partial charge on any atom is 0.278 e. The molecule has 0 aliphatic rings. The van der Waals surface area contributed by atoms with Gasteiger partial charge in [0.05, 0.1) is 13.2 Å². The fourth-order valence-electron chi connectivity index (χ4n) is 0.250. The SMILES string of the molecule is CON(Cl)C(=O)[C@H](C)N. The summed E-state index contributed by atoms with van der Waals surface area (Å²) in [4.78, 5) is 15.0. The Morgan fingerprint density at radius 3 is 2.44 bits per heavy atom. The van der Waals surface area contributed by atoms with Gasteiger partial charge in [0.25, 0.3) is 5.91 Å². The van der Waals surface area contributed by atoms with Crippen LogP contribution in [-0.4, -0.2) is 23.6 Å². The molecule has 0 aromatic heterocycles. The summed E-state index contributed by atoms with van der Waals surface area (Å²) in [7, 11) is 1.28. The van der Waals surface area contributed by atoms with Gasteiger partial charge in [0.15, 0.2) is 0 Å². The molecule has 0 saturated heterocycles. The van der Waals surface area contributed by atoms with Crippen molar-refractivity contribution in [3.05, 3.63) is 0 Å². The lowest BCUT2D eigenvalue weighted by Gasteiger charge is -2.11. The summed E-state index contributed by atoms with van der Waals surface area (Å²) in [5.74, 6) is -0.459. The first kappa shape index (κ1) is 8.68. The van der Waals surface area contributed by atoms with E-state index in [9.17, 15) is 4.79 Å². The van der Waals surface area contributed by atoms with Crippen molar-refractivity contribution in [3.8, 4) is 0 Å². The fourth-order valence-corrected chi connectivity index (χ4v) is 0.404. The topological polar surface area (TPSA) is 55.6 Å². The zero-order chi connectivity index (χ0) is 7.44. The molecular weight excluding hydrogens is 144 g/mol. The van der Waals surface area contributed by atoms with Gasteiger partial charge >= 0.3 is 0 Å². The maximum absolute atomic E-state index is 10.6. The second-order valence-electron chi connectivity index (χ2n) is 1.55. The molecule has 0 fully saturated rings. The Bertz CT molecular complexity index is 107. The molecule has 0 aliphatic heterocycles. The molecule has 54 valence electrons. The third-order valence-electron chi connectivity index (χ3n) is 0.723. The first-order valence-electron chi connectivity index (χ1n) is 2.39. The second-order valence-corrected chi connectivity index (χ2v) is 1.86. The molecule has 0 aliphatic carbocycles. The van der Waals surface area contributed by atoms with E-state index in [0.29, 0.717) is 4.58 Å². The van der Waals surface area contributed by atoms with Crippen molar-refractivity contribution in [2.75, 3.05) is 7.11 Å². The van der Waals surface area contributed by atoms with Crippen LogP contribution in [0.4, 0.5) is 0 Å². The summed E-state index contributed by atoms with van der Waals surface area (Å²) in [6, 6.07) is -0.623. The maximum atomic E-state index is 10.6. The summed E-state index contributed by atoms with van der Waals surface area (Å²) in [6.07, 6.45) is 0. The standard InChI is InChI=1S/C4H9ClN2O2/c1-3(6)4(8)7(5)9-2/h3H,6H2,1-2H3/t3-/m0/s1. The predicted molar refractivity (Wildman–Crippen MR) is 33.4 cm³/mol. The van der Waals surface area contributed by atoms with Crippen LogP contribution in [0, 0.1) is 0 Å². The molecule has 0 radical (unpaired) electrons. The Kier molecular flexibility index (Phi) is 3.53. The van der Waals surface area contributed by atoms with E-state index >= 15 is 0 Å². The Hall–Kier alpha value is -0.320. The number of amides is 1. The smallest absolute Gasteiger partial charge is 0.278 e. The highest BCUT2D eigenvalue weighted by atomic mass is 35.5. The van der Waals surface area contributed by atoms with E-state index in [1.165, 1.54) is 14.0 Å². The van der Waals surface area contributed by atoms with Gasteiger partial charge in [0.2, 0.25) is 0 Å². The second kappa shape index (κ2) is 3.66. The molecule has 0 heterocycles.